The molecular weight excluding hydrogens is 478 g/mol. The van der Waals surface area contributed by atoms with Crippen LogP contribution in [0.3, 0.4) is 0 Å². The van der Waals surface area contributed by atoms with E-state index in [2.05, 4.69) is 10.2 Å². The minimum atomic E-state index is -0.253. The summed E-state index contributed by atoms with van der Waals surface area (Å²) in [6, 6.07) is 22.1. The first kappa shape index (κ1) is 23.5. The van der Waals surface area contributed by atoms with Gasteiger partial charge in [-0.05, 0) is 78.9 Å². The van der Waals surface area contributed by atoms with Crippen LogP contribution >= 0.6 is 11.6 Å². The Morgan fingerprint density at radius 1 is 0.889 bits per heavy atom. The summed E-state index contributed by atoms with van der Waals surface area (Å²) in [6.45, 7) is 2.69. The predicted octanol–water partition coefficient (Wildman–Crippen LogP) is 5.81. The summed E-state index contributed by atoms with van der Waals surface area (Å²) >= 11 is 5.93. The van der Waals surface area contributed by atoms with Crippen molar-refractivity contribution >= 4 is 40.9 Å². The Morgan fingerprint density at radius 3 is 2.33 bits per heavy atom. The number of nitrogens with one attached hydrogen (secondary N) is 1. The molecule has 2 aromatic heterocycles. The fourth-order valence-corrected chi connectivity index (χ4v) is 4.16. The van der Waals surface area contributed by atoms with E-state index in [0.29, 0.717) is 41.1 Å². The number of piperazine rings is 1. The Labute approximate surface area is 213 Å². The van der Waals surface area contributed by atoms with E-state index in [-0.39, 0.29) is 11.8 Å². The first-order chi connectivity index (χ1) is 17.5. The average molecular weight is 502 g/mol. The fraction of sp³-hybridized carbons (Fsp3) is 0.143. The molecule has 0 aliphatic carbocycles. The van der Waals surface area contributed by atoms with Crippen LogP contribution in [0, 0.1) is 0 Å². The summed E-state index contributed by atoms with van der Waals surface area (Å²) in [6.07, 6.45) is 4.58. The van der Waals surface area contributed by atoms with Crippen LogP contribution in [0.2, 0.25) is 5.02 Å². The number of nitrogens with zero attached hydrogens (tertiary/aromatic N) is 2. The molecule has 0 spiro atoms. The molecule has 36 heavy (non-hydrogen) atoms. The summed E-state index contributed by atoms with van der Waals surface area (Å²) in [5.41, 5.74) is 2.65. The van der Waals surface area contributed by atoms with Gasteiger partial charge in [0, 0.05) is 54.2 Å². The highest BCUT2D eigenvalue weighted by molar-refractivity contribution is 6.30. The second-order valence-corrected chi connectivity index (χ2v) is 8.77. The van der Waals surface area contributed by atoms with E-state index in [1.54, 1.807) is 35.2 Å². The zero-order valence-electron chi connectivity index (χ0n) is 19.4. The maximum atomic E-state index is 12.4. The Bertz CT molecular complexity index is 1350. The van der Waals surface area contributed by atoms with Crippen molar-refractivity contribution in [3.8, 4) is 11.3 Å². The number of hydrogen-bond donors (Lipinski definition) is 1. The van der Waals surface area contributed by atoms with Gasteiger partial charge in [0.15, 0.2) is 5.76 Å². The lowest BCUT2D eigenvalue weighted by Crippen LogP contribution is -2.48. The van der Waals surface area contributed by atoms with Crippen LogP contribution in [0.15, 0.2) is 94.0 Å². The van der Waals surface area contributed by atoms with Crippen molar-refractivity contribution in [1.82, 2.24) is 4.90 Å². The number of amides is 2. The van der Waals surface area contributed by atoms with Gasteiger partial charge in [0.2, 0.25) is 5.91 Å². The van der Waals surface area contributed by atoms with E-state index in [1.807, 2.05) is 48.5 Å². The lowest BCUT2D eigenvalue weighted by molar-refractivity contribution is -0.111. The average Bonchev–Trinajstić information content (AvgIpc) is 3.61. The summed E-state index contributed by atoms with van der Waals surface area (Å²) in [7, 11) is 0. The van der Waals surface area contributed by atoms with Crippen molar-refractivity contribution in [1.29, 1.82) is 0 Å². The highest BCUT2D eigenvalue weighted by atomic mass is 35.5. The van der Waals surface area contributed by atoms with Gasteiger partial charge in [-0.2, -0.15) is 0 Å². The van der Waals surface area contributed by atoms with Gasteiger partial charge in [-0.1, -0.05) is 11.6 Å². The van der Waals surface area contributed by atoms with Crippen molar-refractivity contribution in [2.75, 3.05) is 36.4 Å². The topological polar surface area (TPSA) is 78.9 Å². The smallest absolute Gasteiger partial charge is 0.289 e. The normalized spacial score (nSPS) is 13.8. The molecule has 1 N–H and O–H groups in total. The molecule has 2 amide bonds. The molecule has 0 atom stereocenters. The van der Waals surface area contributed by atoms with Gasteiger partial charge in [-0.3, -0.25) is 9.59 Å². The third-order valence-electron chi connectivity index (χ3n) is 5.95. The van der Waals surface area contributed by atoms with Crippen molar-refractivity contribution in [3.05, 3.63) is 102 Å². The number of benzene rings is 2. The molecule has 4 aromatic rings. The molecule has 3 heterocycles. The molecular formula is C28H24ClN3O4. The van der Waals surface area contributed by atoms with Crippen LogP contribution in [-0.2, 0) is 4.79 Å². The first-order valence-corrected chi connectivity index (χ1v) is 12.0. The van der Waals surface area contributed by atoms with E-state index < -0.39 is 0 Å². The van der Waals surface area contributed by atoms with Crippen LogP contribution in [-0.4, -0.2) is 42.9 Å². The molecule has 2 aromatic carbocycles. The van der Waals surface area contributed by atoms with Gasteiger partial charge in [0.05, 0.1) is 6.26 Å². The molecule has 182 valence electrons. The second kappa shape index (κ2) is 10.6. The highest BCUT2D eigenvalue weighted by Gasteiger charge is 2.23. The zero-order valence-corrected chi connectivity index (χ0v) is 20.1. The molecule has 1 saturated heterocycles. The van der Waals surface area contributed by atoms with E-state index in [0.717, 1.165) is 24.3 Å². The van der Waals surface area contributed by atoms with Gasteiger partial charge in [0.25, 0.3) is 5.91 Å². The Kier molecular flexibility index (Phi) is 6.91. The van der Waals surface area contributed by atoms with Crippen molar-refractivity contribution in [3.63, 3.8) is 0 Å². The molecule has 0 saturated carbocycles. The number of furan rings is 2. The van der Waals surface area contributed by atoms with Crippen LogP contribution in [0.4, 0.5) is 11.4 Å². The van der Waals surface area contributed by atoms with E-state index in [4.69, 9.17) is 20.4 Å². The summed E-state index contributed by atoms with van der Waals surface area (Å²) < 4.78 is 11.0. The highest BCUT2D eigenvalue weighted by Crippen LogP contribution is 2.25. The minimum Gasteiger partial charge on any atom is -0.459 e. The van der Waals surface area contributed by atoms with Crippen LogP contribution in [0.1, 0.15) is 16.3 Å². The molecule has 5 rings (SSSR count). The van der Waals surface area contributed by atoms with Crippen LogP contribution < -0.4 is 10.2 Å². The Hall–Kier alpha value is -4.23. The molecule has 1 fully saturated rings. The van der Waals surface area contributed by atoms with Crippen LogP contribution in [0.5, 0.6) is 0 Å². The third kappa shape index (κ3) is 5.53. The second-order valence-electron chi connectivity index (χ2n) is 8.33. The van der Waals surface area contributed by atoms with Gasteiger partial charge in [0.1, 0.15) is 11.5 Å². The van der Waals surface area contributed by atoms with Gasteiger partial charge >= 0.3 is 0 Å². The largest absolute Gasteiger partial charge is 0.459 e. The number of anilines is 2. The summed E-state index contributed by atoms with van der Waals surface area (Å²) in [4.78, 5) is 28.8. The van der Waals surface area contributed by atoms with Crippen LogP contribution in [0.25, 0.3) is 17.4 Å². The SMILES string of the molecule is O=C(/C=C/c1ccc(-c2ccc(Cl)cc2)o1)Nc1ccc(N2CCN(C(=O)c3ccco3)CC2)cc1. The molecule has 1 aliphatic heterocycles. The standard InChI is InChI=1S/C28H24ClN3O4/c29-21-5-3-20(4-6-21)25-13-11-24(36-25)12-14-27(33)30-22-7-9-23(10-8-22)31-15-17-32(18-16-31)28(34)26-2-1-19-35-26/h1-14,19H,15-18H2,(H,30,33)/b14-12+. The molecule has 0 bridgehead atoms. The number of carbonyl (C=O) groups is 2. The Balaban J connectivity index is 1.12. The summed E-state index contributed by atoms with van der Waals surface area (Å²) in [5.74, 6) is 1.31. The summed E-state index contributed by atoms with van der Waals surface area (Å²) in [5, 5.41) is 3.52. The van der Waals surface area contributed by atoms with Gasteiger partial charge < -0.3 is 24.0 Å². The van der Waals surface area contributed by atoms with E-state index in [1.165, 1.54) is 12.3 Å². The number of rotatable bonds is 6. The minimum absolute atomic E-state index is 0.0819. The van der Waals surface area contributed by atoms with Gasteiger partial charge in [-0.15, -0.1) is 0 Å². The maximum Gasteiger partial charge on any atom is 0.289 e. The van der Waals surface area contributed by atoms with Crippen molar-refractivity contribution in [2.24, 2.45) is 0 Å². The molecule has 7 nitrogen and oxygen atoms in total. The number of halogens is 1. The number of hydrogen-bond acceptors (Lipinski definition) is 5. The monoisotopic (exact) mass is 501 g/mol. The van der Waals surface area contributed by atoms with E-state index >= 15 is 0 Å². The van der Waals surface area contributed by atoms with Gasteiger partial charge in [-0.25, -0.2) is 0 Å². The first-order valence-electron chi connectivity index (χ1n) is 11.6. The lowest BCUT2D eigenvalue weighted by Gasteiger charge is -2.35. The number of carbonyl (C=O) groups excluding carboxylic acids is 2. The van der Waals surface area contributed by atoms with E-state index in [9.17, 15) is 9.59 Å². The van der Waals surface area contributed by atoms with Crippen molar-refractivity contribution in [2.45, 2.75) is 0 Å². The predicted molar refractivity (Wildman–Crippen MR) is 140 cm³/mol. The lowest BCUT2D eigenvalue weighted by atomic mass is 10.2. The zero-order chi connectivity index (χ0) is 24.9. The third-order valence-corrected chi connectivity index (χ3v) is 6.21. The maximum absolute atomic E-state index is 12.4. The molecule has 0 unspecified atom stereocenters. The fourth-order valence-electron chi connectivity index (χ4n) is 4.03. The van der Waals surface area contributed by atoms with Crippen molar-refractivity contribution < 1.29 is 18.4 Å². The molecule has 0 radical (unpaired) electrons. The quantitative estimate of drug-likeness (QED) is 0.337. The molecule has 1 aliphatic rings. The Morgan fingerprint density at radius 2 is 1.64 bits per heavy atom. The molecule has 8 heteroatoms.